The normalized spacial score (nSPS) is 10.6. The molecule has 12 heavy (non-hydrogen) atoms. The fourth-order valence-electron chi connectivity index (χ4n) is 1.24. The highest BCUT2D eigenvalue weighted by atomic mass is 14.7. The van der Waals surface area contributed by atoms with Gasteiger partial charge in [0.05, 0.1) is 0 Å². The number of pyridine rings is 1. The first-order valence-corrected chi connectivity index (χ1v) is 4.69. The average Bonchev–Trinajstić information content (AvgIpc) is 2.05. The standard InChI is InChI=1S/C11H17N/c1-10(2)6-5-8-11-7-3-4-9-12-11/h3-4,7,9-10H,5-6,8H2,1-2H3. The molecule has 0 bridgehead atoms. The van der Waals surface area contributed by atoms with Crippen molar-refractivity contribution in [3.8, 4) is 0 Å². The molecule has 66 valence electrons. The molecule has 0 unspecified atom stereocenters. The molecule has 0 aliphatic carbocycles. The van der Waals surface area contributed by atoms with Gasteiger partial charge in [-0.15, -0.1) is 0 Å². The molecule has 0 aliphatic rings. The average molecular weight is 163 g/mol. The minimum absolute atomic E-state index is 0.814. The highest BCUT2D eigenvalue weighted by Crippen LogP contribution is 2.07. The van der Waals surface area contributed by atoms with Gasteiger partial charge in [0.2, 0.25) is 0 Å². The summed E-state index contributed by atoms with van der Waals surface area (Å²) >= 11 is 0. The smallest absolute Gasteiger partial charge is 0.0403 e. The quantitative estimate of drug-likeness (QED) is 0.664. The molecule has 0 spiro atoms. The summed E-state index contributed by atoms with van der Waals surface area (Å²) in [6.07, 6.45) is 5.55. The van der Waals surface area contributed by atoms with Crippen LogP contribution in [0.25, 0.3) is 0 Å². The molecule has 1 heterocycles. The lowest BCUT2D eigenvalue weighted by atomic mass is 10.1. The Kier molecular flexibility index (Phi) is 3.78. The van der Waals surface area contributed by atoms with E-state index in [0.717, 1.165) is 12.3 Å². The maximum absolute atomic E-state index is 4.28. The van der Waals surface area contributed by atoms with Gasteiger partial charge in [0.25, 0.3) is 0 Å². The third-order valence-electron chi connectivity index (χ3n) is 1.94. The largest absolute Gasteiger partial charge is 0.261 e. The summed E-state index contributed by atoms with van der Waals surface area (Å²) in [6.45, 7) is 4.52. The van der Waals surface area contributed by atoms with Crippen LogP contribution >= 0.6 is 0 Å². The van der Waals surface area contributed by atoms with E-state index < -0.39 is 0 Å². The molecule has 0 saturated carbocycles. The molecule has 0 amide bonds. The van der Waals surface area contributed by atoms with Gasteiger partial charge in [-0.1, -0.05) is 26.3 Å². The molecule has 0 aliphatic heterocycles. The van der Waals surface area contributed by atoms with Crippen LogP contribution < -0.4 is 0 Å². The molecule has 1 rings (SSSR count). The van der Waals surface area contributed by atoms with Crippen LogP contribution in [-0.2, 0) is 6.42 Å². The Morgan fingerprint density at radius 1 is 1.33 bits per heavy atom. The van der Waals surface area contributed by atoms with E-state index in [-0.39, 0.29) is 0 Å². The predicted molar refractivity (Wildman–Crippen MR) is 52.0 cm³/mol. The highest BCUT2D eigenvalue weighted by Gasteiger charge is 1.95. The van der Waals surface area contributed by atoms with Gasteiger partial charge in [-0.25, -0.2) is 0 Å². The molecular formula is C11H17N. The van der Waals surface area contributed by atoms with Gasteiger partial charge >= 0.3 is 0 Å². The van der Waals surface area contributed by atoms with E-state index in [4.69, 9.17) is 0 Å². The molecule has 1 nitrogen and oxygen atoms in total. The van der Waals surface area contributed by atoms with Crippen molar-refractivity contribution in [3.05, 3.63) is 30.1 Å². The van der Waals surface area contributed by atoms with Crippen molar-refractivity contribution >= 4 is 0 Å². The zero-order chi connectivity index (χ0) is 8.81. The van der Waals surface area contributed by atoms with Crippen LogP contribution in [0.1, 0.15) is 32.4 Å². The number of nitrogens with zero attached hydrogens (tertiary/aromatic N) is 1. The summed E-state index contributed by atoms with van der Waals surface area (Å²) in [7, 11) is 0. The Hall–Kier alpha value is -0.850. The van der Waals surface area contributed by atoms with E-state index >= 15 is 0 Å². The van der Waals surface area contributed by atoms with Crippen LogP contribution in [-0.4, -0.2) is 4.98 Å². The third kappa shape index (κ3) is 3.51. The SMILES string of the molecule is CC(C)CCCc1ccccn1. The van der Waals surface area contributed by atoms with Gasteiger partial charge in [-0.2, -0.15) is 0 Å². The molecule has 0 N–H and O–H groups in total. The first kappa shape index (κ1) is 9.24. The number of hydrogen-bond acceptors (Lipinski definition) is 1. The molecule has 1 aromatic rings. The summed E-state index contributed by atoms with van der Waals surface area (Å²) in [5, 5.41) is 0. The minimum Gasteiger partial charge on any atom is -0.261 e. The zero-order valence-electron chi connectivity index (χ0n) is 7.96. The number of hydrogen-bond donors (Lipinski definition) is 0. The summed E-state index contributed by atoms with van der Waals surface area (Å²) in [5.74, 6) is 0.814. The molecule has 0 fully saturated rings. The molecule has 0 radical (unpaired) electrons. The predicted octanol–water partition coefficient (Wildman–Crippen LogP) is 3.06. The van der Waals surface area contributed by atoms with Crippen molar-refractivity contribution in [1.82, 2.24) is 4.98 Å². The van der Waals surface area contributed by atoms with Crippen molar-refractivity contribution in [2.24, 2.45) is 5.92 Å². The molecule has 1 heteroatoms. The number of aryl methyl sites for hydroxylation is 1. The maximum atomic E-state index is 4.28. The van der Waals surface area contributed by atoms with Gasteiger partial charge in [-0.05, 0) is 30.9 Å². The molecule has 0 aromatic carbocycles. The Morgan fingerprint density at radius 2 is 2.17 bits per heavy atom. The fourth-order valence-corrected chi connectivity index (χ4v) is 1.24. The first-order chi connectivity index (χ1) is 5.79. The lowest BCUT2D eigenvalue weighted by Crippen LogP contribution is -1.92. The van der Waals surface area contributed by atoms with Crippen LogP contribution in [0.4, 0.5) is 0 Å². The van der Waals surface area contributed by atoms with Crippen LogP contribution in [0.2, 0.25) is 0 Å². The molecule has 1 aromatic heterocycles. The van der Waals surface area contributed by atoms with E-state index in [1.54, 1.807) is 0 Å². The number of aromatic nitrogens is 1. The van der Waals surface area contributed by atoms with E-state index in [9.17, 15) is 0 Å². The van der Waals surface area contributed by atoms with E-state index in [0.29, 0.717) is 0 Å². The van der Waals surface area contributed by atoms with Gasteiger partial charge < -0.3 is 0 Å². The van der Waals surface area contributed by atoms with Crippen molar-refractivity contribution in [2.75, 3.05) is 0 Å². The van der Waals surface area contributed by atoms with E-state index in [1.807, 2.05) is 12.3 Å². The van der Waals surface area contributed by atoms with E-state index in [1.165, 1.54) is 18.5 Å². The second kappa shape index (κ2) is 4.91. The second-order valence-corrected chi connectivity index (χ2v) is 3.61. The topological polar surface area (TPSA) is 12.9 Å². The monoisotopic (exact) mass is 163 g/mol. The Morgan fingerprint density at radius 3 is 2.75 bits per heavy atom. The summed E-state index contributed by atoms with van der Waals surface area (Å²) in [6, 6.07) is 6.12. The minimum atomic E-state index is 0.814. The van der Waals surface area contributed by atoms with Crippen molar-refractivity contribution in [3.63, 3.8) is 0 Å². The third-order valence-corrected chi connectivity index (χ3v) is 1.94. The summed E-state index contributed by atoms with van der Waals surface area (Å²) in [5.41, 5.74) is 1.22. The lowest BCUT2D eigenvalue weighted by Gasteiger charge is -2.02. The van der Waals surface area contributed by atoms with Gasteiger partial charge in [0, 0.05) is 11.9 Å². The fraction of sp³-hybridized carbons (Fsp3) is 0.545. The molecule has 0 saturated heterocycles. The summed E-state index contributed by atoms with van der Waals surface area (Å²) < 4.78 is 0. The summed E-state index contributed by atoms with van der Waals surface area (Å²) in [4.78, 5) is 4.28. The van der Waals surface area contributed by atoms with Gasteiger partial charge in [-0.3, -0.25) is 4.98 Å². The van der Waals surface area contributed by atoms with Crippen LogP contribution in [0.3, 0.4) is 0 Å². The Balaban J connectivity index is 2.25. The van der Waals surface area contributed by atoms with Gasteiger partial charge in [0.15, 0.2) is 0 Å². The first-order valence-electron chi connectivity index (χ1n) is 4.69. The highest BCUT2D eigenvalue weighted by molar-refractivity contribution is 5.03. The Labute approximate surface area is 74.8 Å². The van der Waals surface area contributed by atoms with Crippen molar-refractivity contribution < 1.29 is 0 Å². The molecular weight excluding hydrogens is 146 g/mol. The van der Waals surface area contributed by atoms with Crippen LogP contribution in [0.5, 0.6) is 0 Å². The van der Waals surface area contributed by atoms with Crippen LogP contribution in [0, 0.1) is 5.92 Å². The Bertz CT molecular complexity index is 204. The lowest BCUT2D eigenvalue weighted by molar-refractivity contribution is 0.553. The van der Waals surface area contributed by atoms with Gasteiger partial charge in [0.1, 0.15) is 0 Å². The van der Waals surface area contributed by atoms with Crippen molar-refractivity contribution in [1.29, 1.82) is 0 Å². The molecule has 0 atom stereocenters. The van der Waals surface area contributed by atoms with Crippen molar-refractivity contribution in [2.45, 2.75) is 33.1 Å². The zero-order valence-corrected chi connectivity index (χ0v) is 7.96. The maximum Gasteiger partial charge on any atom is 0.0403 e. The van der Waals surface area contributed by atoms with E-state index in [2.05, 4.69) is 31.0 Å². The second-order valence-electron chi connectivity index (χ2n) is 3.61. The van der Waals surface area contributed by atoms with Crippen LogP contribution in [0.15, 0.2) is 24.4 Å². The number of rotatable bonds is 4.